The van der Waals surface area contributed by atoms with Crippen molar-refractivity contribution in [3.8, 4) is 0 Å². The van der Waals surface area contributed by atoms with Crippen LogP contribution in [-0.2, 0) is 13.2 Å². The molecule has 3 N–H and O–H groups in total. The molecule has 10 heteroatoms. The van der Waals surface area contributed by atoms with E-state index in [2.05, 4.69) is 34.2 Å². The number of nitrogens with one attached hydrogen (secondary N) is 1. The number of hydrogen-bond acceptors (Lipinski definition) is 6. The van der Waals surface area contributed by atoms with Gasteiger partial charge in [0.2, 0.25) is 0 Å². The number of fused-ring (bicyclic) bond motifs is 1. The lowest BCUT2D eigenvalue weighted by molar-refractivity contribution is -0.137. The number of rotatable bonds is 4. The van der Waals surface area contributed by atoms with Crippen molar-refractivity contribution in [2.75, 3.05) is 31.2 Å². The number of halogens is 3. The molecule has 0 saturated carbocycles. The van der Waals surface area contributed by atoms with Crippen LogP contribution in [0.1, 0.15) is 48.9 Å². The number of piperidine rings is 1. The standard InChI is InChI=1S/C24H29F3N6O/c1-13-11-32(3)6-5-18(13)19-10-20-21(29-12-30-22(20)33(4)23(19)34)31-14(2)15-7-16(24(25,26)27)9-17(28)8-15/h7-10,12-14,18H,5-6,11,28H2,1-4H3,(H,29,30,31)/t13?,14-,18?/m1/s1. The van der Waals surface area contributed by atoms with Gasteiger partial charge < -0.3 is 16.0 Å². The molecule has 0 aliphatic carbocycles. The third-order valence-electron chi connectivity index (χ3n) is 6.70. The van der Waals surface area contributed by atoms with Gasteiger partial charge in [-0.1, -0.05) is 6.92 Å². The monoisotopic (exact) mass is 474 g/mol. The Labute approximate surface area is 195 Å². The quantitative estimate of drug-likeness (QED) is 0.552. The zero-order chi connectivity index (χ0) is 24.8. The predicted octanol–water partition coefficient (Wildman–Crippen LogP) is 4.16. The molecule has 1 aromatic carbocycles. The number of pyridine rings is 1. The number of benzene rings is 1. The largest absolute Gasteiger partial charge is 0.416 e. The molecule has 1 fully saturated rings. The zero-order valence-electron chi connectivity index (χ0n) is 19.6. The summed E-state index contributed by atoms with van der Waals surface area (Å²) in [5.74, 6) is 0.857. The summed E-state index contributed by atoms with van der Waals surface area (Å²) >= 11 is 0. The number of alkyl halides is 3. The molecule has 7 nitrogen and oxygen atoms in total. The summed E-state index contributed by atoms with van der Waals surface area (Å²) in [7, 11) is 3.75. The van der Waals surface area contributed by atoms with Gasteiger partial charge in [-0.15, -0.1) is 0 Å². The number of aromatic nitrogens is 3. The number of nitrogens with zero attached hydrogens (tertiary/aromatic N) is 4. The summed E-state index contributed by atoms with van der Waals surface area (Å²) in [5, 5.41) is 3.86. The van der Waals surface area contributed by atoms with Crippen LogP contribution in [0, 0.1) is 5.92 Å². The molecule has 4 rings (SSSR count). The van der Waals surface area contributed by atoms with Crippen molar-refractivity contribution in [2.45, 2.75) is 38.4 Å². The maximum absolute atomic E-state index is 13.3. The zero-order valence-corrected chi connectivity index (χ0v) is 19.6. The van der Waals surface area contributed by atoms with Gasteiger partial charge in [0.1, 0.15) is 17.8 Å². The van der Waals surface area contributed by atoms with Gasteiger partial charge in [0, 0.05) is 24.8 Å². The summed E-state index contributed by atoms with van der Waals surface area (Å²) in [5.41, 5.74) is 6.45. The van der Waals surface area contributed by atoms with Crippen molar-refractivity contribution < 1.29 is 13.2 Å². The number of likely N-dealkylation sites (tertiary alicyclic amines) is 1. The van der Waals surface area contributed by atoms with Crippen molar-refractivity contribution in [3.63, 3.8) is 0 Å². The maximum atomic E-state index is 13.3. The van der Waals surface area contributed by atoms with Gasteiger partial charge in [-0.05, 0) is 68.6 Å². The number of hydrogen-bond donors (Lipinski definition) is 2. The number of anilines is 2. The Bertz CT molecular complexity index is 1270. The van der Waals surface area contributed by atoms with Gasteiger partial charge >= 0.3 is 6.18 Å². The van der Waals surface area contributed by atoms with E-state index in [0.29, 0.717) is 33.9 Å². The van der Waals surface area contributed by atoms with Crippen molar-refractivity contribution >= 4 is 22.5 Å². The first-order chi connectivity index (χ1) is 16.0. The van der Waals surface area contributed by atoms with Crippen LogP contribution >= 0.6 is 0 Å². The highest BCUT2D eigenvalue weighted by Gasteiger charge is 2.32. The molecule has 1 aliphatic heterocycles. The lowest BCUT2D eigenvalue weighted by atomic mass is 9.82. The summed E-state index contributed by atoms with van der Waals surface area (Å²) in [4.78, 5) is 24.1. The van der Waals surface area contributed by atoms with Crippen LogP contribution < -0.4 is 16.6 Å². The van der Waals surface area contributed by atoms with E-state index in [9.17, 15) is 18.0 Å². The van der Waals surface area contributed by atoms with Crippen molar-refractivity contribution in [2.24, 2.45) is 13.0 Å². The molecule has 3 atom stereocenters. The van der Waals surface area contributed by atoms with E-state index in [-0.39, 0.29) is 17.2 Å². The fourth-order valence-electron chi connectivity index (χ4n) is 4.87. The van der Waals surface area contributed by atoms with Gasteiger partial charge in [0.25, 0.3) is 5.56 Å². The maximum Gasteiger partial charge on any atom is 0.416 e. The average Bonchev–Trinajstić information content (AvgIpc) is 2.76. The smallest absolute Gasteiger partial charge is 0.399 e. The molecular weight excluding hydrogens is 445 g/mol. The molecule has 1 saturated heterocycles. The van der Waals surface area contributed by atoms with Gasteiger partial charge in [-0.25, -0.2) is 9.97 Å². The Kier molecular flexibility index (Phi) is 6.28. The van der Waals surface area contributed by atoms with Crippen LogP contribution in [0.15, 0.2) is 35.4 Å². The third-order valence-corrected chi connectivity index (χ3v) is 6.70. The predicted molar refractivity (Wildman–Crippen MR) is 127 cm³/mol. The third kappa shape index (κ3) is 4.59. The number of aryl methyl sites for hydroxylation is 1. The molecule has 3 heterocycles. The van der Waals surface area contributed by atoms with E-state index < -0.39 is 17.8 Å². The molecule has 1 aliphatic rings. The molecule has 2 unspecified atom stereocenters. The Hall–Kier alpha value is -3.14. The lowest BCUT2D eigenvalue weighted by Gasteiger charge is -2.34. The SMILES string of the molecule is CC1CN(C)CCC1c1cc2c(N[C@H](C)c3cc(N)cc(C(F)(F)F)c3)ncnc2n(C)c1=O. The van der Waals surface area contributed by atoms with Crippen LogP contribution in [0.4, 0.5) is 24.7 Å². The molecule has 0 radical (unpaired) electrons. The van der Waals surface area contributed by atoms with Crippen LogP contribution in [0.25, 0.3) is 11.0 Å². The fourth-order valence-corrected chi connectivity index (χ4v) is 4.87. The minimum Gasteiger partial charge on any atom is -0.399 e. The Morgan fingerprint density at radius 1 is 1.18 bits per heavy atom. The minimum atomic E-state index is -4.50. The lowest BCUT2D eigenvalue weighted by Crippen LogP contribution is -2.38. The Morgan fingerprint density at radius 2 is 1.91 bits per heavy atom. The minimum absolute atomic E-state index is 0.0342. The second-order valence-corrected chi connectivity index (χ2v) is 9.31. The first-order valence-corrected chi connectivity index (χ1v) is 11.2. The van der Waals surface area contributed by atoms with Crippen LogP contribution in [0.5, 0.6) is 0 Å². The van der Waals surface area contributed by atoms with E-state index in [0.717, 1.165) is 31.6 Å². The summed E-state index contributed by atoms with van der Waals surface area (Å²) in [6.45, 7) is 5.69. The highest BCUT2D eigenvalue weighted by molar-refractivity contribution is 5.87. The van der Waals surface area contributed by atoms with E-state index >= 15 is 0 Å². The summed E-state index contributed by atoms with van der Waals surface area (Å²) in [6.07, 6.45) is -2.28. The molecule has 2 aromatic heterocycles. The molecule has 0 spiro atoms. The first kappa shape index (κ1) is 24.0. The highest BCUT2D eigenvalue weighted by Crippen LogP contribution is 2.35. The van der Waals surface area contributed by atoms with Crippen molar-refractivity contribution in [1.82, 2.24) is 19.4 Å². The van der Waals surface area contributed by atoms with Gasteiger partial charge in [0.05, 0.1) is 17.0 Å². The van der Waals surface area contributed by atoms with Crippen LogP contribution in [0.2, 0.25) is 0 Å². The van der Waals surface area contributed by atoms with Crippen molar-refractivity contribution in [1.29, 1.82) is 0 Å². The molecule has 34 heavy (non-hydrogen) atoms. The van der Waals surface area contributed by atoms with E-state index in [1.54, 1.807) is 14.0 Å². The highest BCUT2D eigenvalue weighted by atomic mass is 19.4. The van der Waals surface area contributed by atoms with Gasteiger partial charge in [0.15, 0.2) is 0 Å². The summed E-state index contributed by atoms with van der Waals surface area (Å²) in [6, 6.07) is 4.84. The van der Waals surface area contributed by atoms with Gasteiger partial charge in [-0.3, -0.25) is 9.36 Å². The average molecular weight is 475 g/mol. The van der Waals surface area contributed by atoms with Gasteiger partial charge in [-0.2, -0.15) is 13.2 Å². The molecule has 0 amide bonds. The van der Waals surface area contributed by atoms with Crippen LogP contribution in [0.3, 0.4) is 0 Å². The van der Waals surface area contributed by atoms with E-state index in [1.807, 2.05) is 6.07 Å². The van der Waals surface area contributed by atoms with Crippen LogP contribution in [-0.4, -0.2) is 39.6 Å². The topological polar surface area (TPSA) is 89.1 Å². The fraction of sp³-hybridized carbons (Fsp3) is 0.458. The molecule has 182 valence electrons. The van der Waals surface area contributed by atoms with E-state index in [4.69, 9.17) is 5.73 Å². The second kappa shape index (κ2) is 8.90. The Balaban J connectivity index is 1.75. The molecule has 0 bridgehead atoms. The second-order valence-electron chi connectivity index (χ2n) is 9.31. The number of nitrogen functional groups attached to an aromatic ring is 1. The van der Waals surface area contributed by atoms with Crippen molar-refractivity contribution in [3.05, 3.63) is 57.6 Å². The Morgan fingerprint density at radius 3 is 2.59 bits per heavy atom. The first-order valence-electron chi connectivity index (χ1n) is 11.2. The summed E-state index contributed by atoms with van der Waals surface area (Å²) < 4.78 is 41.3. The normalized spacial score (nSPS) is 20.4. The molecular formula is C24H29F3N6O. The number of nitrogens with two attached hydrogens (primary N) is 1. The van der Waals surface area contributed by atoms with E-state index in [1.165, 1.54) is 17.0 Å². The molecule has 3 aromatic rings.